The van der Waals surface area contributed by atoms with Crippen LogP contribution < -0.4 is 5.32 Å². The highest BCUT2D eigenvalue weighted by Gasteiger charge is 2.20. The van der Waals surface area contributed by atoms with E-state index in [2.05, 4.69) is 12.2 Å². The van der Waals surface area contributed by atoms with E-state index in [9.17, 15) is 0 Å². The molecule has 0 unspecified atom stereocenters. The molecule has 0 aromatic heterocycles. The van der Waals surface area contributed by atoms with E-state index in [0.29, 0.717) is 38.6 Å². The minimum Gasteiger partial charge on any atom is -0.382 e. The summed E-state index contributed by atoms with van der Waals surface area (Å²) in [6.45, 7) is 5.95. The van der Waals surface area contributed by atoms with E-state index in [0.717, 1.165) is 6.54 Å². The zero-order chi connectivity index (χ0) is 12.3. The average molecular weight is 245 g/mol. The molecule has 1 aliphatic carbocycles. The molecule has 1 fully saturated rings. The van der Waals surface area contributed by atoms with Gasteiger partial charge in [0.2, 0.25) is 0 Å². The van der Waals surface area contributed by atoms with Crippen molar-refractivity contribution >= 4 is 0 Å². The van der Waals surface area contributed by atoms with Crippen LogP contribution in [0.1, 0.15) is 32.6 Å². The van der Waals surface area contributed by atoms with Gasteiger partial charge in [-0.25, -0.2) is 0 Å². The number of ether oxygens (including phenoxy) is 3. The first kappa shape index (κ1) is 14.9. The van der Waals surface area contributed by atoms with Gasteiger partial charge in [-0.2, -0.15) is 0 Å². The fourth-order valence-electron chi connectivity index (χ4n) is 2.24. The van der Waals surface area contributed by atoms with Crippen LogP contribution >= 0.6 is 0 Å². The van der Waals surface area contributed by atoms with Crippen LogP contribution in [0.4, 0.5) is 0 Å². The lowest BCUT2D eigenvalue weighted by Crippen LogP contribution is -2.35. The second-order valence-electron chi connectivity index (χ2n) is 4.51. The predicted molar refractivity (Wildman–Crippen MR) is 68.4 cm³/mol. The van der Waals surface area contributed by atoms with Crippen molar-refractivity contribution in [3.05, 3.63) is 0 Å². The third kappa shape index (κ3) is 6.99. The molecule has 0 aromatic rings. The van der Waals surface area contributed by atoms with Crippen LogP contribution in [0.2, 0.25) is 0 Å². The summed E-state index contributed by atoms with van der Waals surface area (Å²) in [7, 11) is 1.68. The molecule has 102 valence electrons. The molecule has 0 aromatic carbocycles. The Kier molecular flexibility index (Phi) is 8.61. The summed E-state index contributed by atoms with van der Waals surface area (Å²) in [6, 6.07) is 0.706. The number of methoxy groups -OCH3 is 1. The highest BCUT2D eigenvalue weighted by atomic mass is 16.5. The lowest BCUT2D eigenvalue weighted by molar-refractivity contribution is -0.0210. The van der Waals surface area contributed by atoms with E-state index in [4.69, 9.17) is 14.2 Å². The predicted octanol–water partition coefficient (Wildman–Crippen LogP) is 1.59. The standard InChI is InChI=1S/C13H27NO3/c1-3-14-12-4-6-13(7-5-12)17-11-10-16-9-8-15-2/h12-14H,3-11H2,1-2H3. The van der Waals surface area contributed by atoms with E-state index in [1.807, 2.05) is 0 Å². The topological polar surface area (TPSA) is 39.7 Å². The fourth-order valence-corrected chi connectivity index (χ4v) is 2.24. The molecule has 4 nitrogen and oxygen atoms in total. The molecule has 1 rings (SSSR count). The van der Waals surface area contributed by atoms with E-state index in [-0.39, 0.29) is 0 Å². The molecule has 4 heteroatoms. The Bertz CT molecular complexity index is 170. The lowest BCUT2D eigenvalue weighted by atomic mass is 9.93. The molecule has 0 spiro atoms. The first-order chi connectivity index (χ1) is 8.36. The van der Waals surface area contributed by atoms with Gasteiger partial charge in [0.05, 0.1) is 32.5 Å². The lowest BCUT2D eigenvalue weighted by Gasteiger charge is -2.28. The van der Waals surface area contributed by atoms with Crippen molar-refractivity contribution in [1.82, 2.24) is 5.32 Å². The number of nitrogens with one attached hydrogen (secondary N) is 1. The molecule has 0 amide bonds. The second kappa shape index (κ2) is 9.83. The molecular weight excluding hydrogens is 218 g/mol. The maximum atomic E-state index is 5.80. The van der Waals surface area contributed by atoms with Crippen LogP contribution in [0, 0.1) is 0 Å². The molecule has 1 saturated carbocycles. The Morgan fingerprint density at radius 1 is 1.00 bits per heavy atom. The van der Waals surface area contributed by atoms with E-state index >= 15 is 0 Å². The molecule has 0 atom stereocenters. The van der Waals surface area contributed by atoms with Crippen molar-refractivity contribution in [1.29, 1.82) is 0 Å². The van der Waals surface area contributed by atoms with Gasteiger partial charge in [0.1, 0.15) is 0 Å². The van der Waals surface area contributed by atoms with Gasteiger partial charge < -0.3 is 19.5 Å². The Balaban J connectivity index is 1.91. The molecule has 1 N–H and O–H groups in total. The smallest absolute Gasteiger partial charge is 0.0704 e. The third-order valence-corrected chi connectivity index (χ3v) is 3.18. The number of rotatable bonds is 9. The molecule has 0 saturated heterocycles. The van der Waals surface area contributed by atoms with Crippen molar-refractivity contribution < 1.29 is 14.2 Å². The van der Waals surface area contributed by atoms with Crippen molar-refractivity contribution in [2.24, 2.45) is 0 Å². The SMILES string of the molecule is CCNC1CCC(OCCOCCOC)CC1. The fraction of sp³-hybridized carbons (Fsp3) is 1.00. The Hall–Kier alpha value is -0.160. The zero-order valence-corrected chi connectivity index (χ0v) is 11.2. The maximum absolute atomic E-state index is 5.80. The van der Waals surface area contributed by atoms with Crippen molar-refractivity contribution in [3.8, 4) is 0 Å². The summed E-state index contributed by atoms with van der Waals surface area (Å²) in [4.78, 5) is 0. The monoisotopic (exact) mass is 245 g/mol. The summed E-state index contributed by atoms with van der Waals surface area (Å²) < 4.78 is 16.1. The third-order valence-electron chi connectivity index (χ3n) is 3.18. The zero-order valence-electron chi connectivity index (χ0n) is 11.2. The number of hydrogen-bond donors (Lipinski definition) is 1. The van der Waals surface area contributed by atoms with Crippen LogP contribution in [0.15, 0.2) is 0 Å². The van der Waals surface area contributed by atoms with Crippen LogP contribution in [0.25, 0.3) is 0 Å². The summed E-state index contributed by atoms with van der Waals surface area (Å²) in [5, 5.41) is 3.50. The normalized spacial score (nSPS) is 25.1. The molecule has 0 heterocycles. The highest BCUT2D eigenvalue weighted by Crippen LogP contribution is 2.20. The summed E-state index contributed by atoms with van der Waals surface area (Å²) in [5.41, 5.74) is 0. The van der Waals surface area contributed by atoms with Crippen molar-refractivity contribution in [3.63, 3.8) is 0 Å². The van der Waals surface area contributed by atoms with E-state index in [1.54, 1.807) is 7.11 Å². The Morgan fingerprint density at radius 3 is 2.35 bits per heavy atom. The summed E-state index contributed by atoms with van der Waals surface area (Å²) >= 11 is 0. The first-order valence-corrected chi connectivity index (χ1v) is 6.78. The molecule has 0 aliphatic heterocycles. The minimum atomic E-state index is 0.441. The average Bonchev–Trinajstić information content (AvgIpc) is 2.36. The van der Waals surface area contributed by atoms with E-state index in [1.165, 1.54) is 25.7 Å². The van der Waals surface area contributed by atoms with Gasteiger partial charge in [-0.15, -0.1) is 0 Å². The Labute approximate surface area is 105 Å². The van der Waals surface area contributed by atoms with Gasteiger partial charge in [-0.3, -0.25) is 0 Å². The second-order valence-corrected chi connectivity index (χ2v) is 4.51. The molecule has 0 radical (unpaired) electrons. The molecule has 1 aliphatic rings. The van der Waals surface area contributed by atoms with Gasteiger partial charge in [-0.1, -0.05) is 6.92 Å². The van der Waals surface area contributed by atoms with Gasteiger partial charge in [-0.05, 0) is 32.2 Å². The van der Waals surface area contributed by atoms with Crippen LogP contribution in [0.5, 0.6) is 0 Å². The molecular formula is C13H27NO3. The molecule has 17 heavy (non-hydrogen) atoms. The van der Waals surface area contributed by atoms with Crippen molar-refractivity contribution in [2.45, 2.75) is 44.8 Å². The largest absolute Gasteiger partial charge is 0.382 e. The van der Waals surface area contributed by atoms with Gasteiger partial charge in [0.15, 0.2) is 0 Å². The van der Waals surface area contributed by atoms with Gasteiger partial charge in [0, 0.05) is 13.2 Å². The number of hydrogen-bond acceptors (Lipinski definition) is 4. The highest BCUT2D eigenvalue weighted by molar-refractivity contribution is 4.76. The first-order valence-electron chi connectivity index (χ1n) is 6.78. The van der Waals surface area contributed by atoms with Crippen LogP contribution in [0.3, 0.4) is 0 Å². The van der Waals surface area contributed by atoms with Crippen LogP contribution in [-0.2, 0) is 14.2 Å². The van der Waals surface area contributed by atoms with Gasteiger partial charge >= 0.3 is 0 Å². The molecule has 0 bridgehead atoms. The summed E-state index contributed by atoms with van der Waals surface area (Å²) in [6.07, 6.45) is 5.27. The quantitative estimate of drug-likeness (QED) is 0.626. The maximum Gasteiger partial charge on any atom is 0.0704 e. The minimum absolute atomic E-state index is 0.441. The van der Waals surface area contributed by atoms with Gasteiger partial charge in [0.25, 0.3) is 0 Å². The summed E-state index contributed by atoms with van der Waals surface area (Å²) in [5.74, 6) is 0. The van der Waals surface area contributed by atoms with Crippen LogP contribution in [-0.4, -0.2) is 52.2 Å². The van der Waals surface area contributed by atoms with Crippen molar-refractivity contribution in [2.75, 3.05) is 40.1 Å². The Morgan fingerprint density at radius 2 is 1.71 bits per heavy atom. The van der Waals surface area contributed by atoms with E-state index < -0.39 is 0 Å².